The molecule has 2 aromatic heterocycles. The third-order valence-corrected chi connectivity index (χ3v) is 9.25. The lowest BCUT2D eigenvalue weighted by Crippen LogP contribution is -2.43. The Morgan fingerprint density at radius 3 is 2.69 bits per heavy atom. The van der Waals surface area contributed by atoms with Gasteiger partial charge in [0, 0.05) is 30.9 Å². The number of pyridine rings is 1. The van der Waals surface area contributed by atoms with Crippen LogP contribution in [0.1, 0.15) is 32.6 Å². The molecule has 0 radical (unpaired) electrons. The van der Waals surface area contributed by atoms with Crippen LogP contribution in [0.25, 0.3) is 32.9 Å². The van der Waals surface area contributed by atoms with Gasteiger partial charge in [-0.25, -0.2) is 9.18 Å². The van der Waals surface area contributed by atoms with Crippen molar-refractivity contribution in [2.24, 2.45) is 5.92 Å². The van der Waals surface area contributed by atoms with Crippen LogP contribution in [-0.4, -0.2) is 85.4 Å². The standard InChI is InChI=1S/C31H33FN6O4/c1-18-15-37(30(40)41)16-24(18)34-28-23-14-33-26(22-13-20(39)12-19-6-2-3-7-21(19)22)25(32)27(23)35-29(36-28)42-17-31-8-4-10-38(31)11-5-9-31/h2-3,6-7,12-14,18,24,39H,4-5,8-11,15-17H2,1H3,(H,40,41)(H,34,35,36). The summed E-state index contributed by atoms with van der Waals surface area (Å²) < 4.78 is 22.7. The Hall–Kier alpha value is -4.25. The molecule has 2 aromatic carbocycles. The quantitative estimate of drug-likeness (QED) is 0.289. The van der Waals surface area contributed by atoms with Crippen molar-refractivity contribution in [1.29, 1.82) is 0 Å². The zero-order valence-corrected chi connectivity index (χ0v) is 23.4. The number of aromatic nitrogens is 3. The first-order chi connectivity index (χ1) is 20.3. The molecule has 3 aliphatic heterocycles. The number of rotatable bonds is 6. The van der Waals surface area contributed by atoms with Crippen LogP contribution >= 0.6 is 0 Å². The van der Waals surface area contributed by atoms with Gasteiger partial charge in [-0.15, -0.1) is 0 Å². The van der Waals surface area contributed by atoms with Crippen molar-refractivity contribution in [3.05, 3.63) is 48.4 Å². The number of carbonyl (C=O) groups is 1. The number of hydrogen-bond donors (Lipinski definition) is 3. The van der Waals surface area contributed by atoms with E-state index in [0.29, 0.717) is 29.9 Å². The van der Waals surface area contributed by atoms with Gasteiger partial charge in [-0.05, 0) is 67.6 Å². The van der Waals surface area contributed by atoms with Crippen LogP contribution < -0.4 is 10.1 Å². The molecular weight excluding hydrogens is 539 g/mol. The second kappa shape index (κ2) is 10.2. The van der Waals surface area contributed by atoms with Gasteiger partial charge in [-0.3, -0.25) is 9.88 Å². The SMILES string of the molecule is CC1CN(C(=O)O)CC1Nc1nc(OCC23CCCN2CCC3)nc2c(F)c(-c3cc(O)cc4ccccc34)ncc12. The number of fused-ring (bicyclic) bond motifs is 3. The van der Waals surface area contributed by atoms with E-state index in [9.17, 15) is 15.0 Å². The van der Waals surface area contributed by atoms with Gasteiger partial charge >= 0.3 is 12.1 Å². The number of carboxylic acid groups (broad SMARTS) is 1. The van der Waals surface area contributed by atoms with Crippen LogP contribution in [0.5, 0.6) is 11.8 Å². The molecule has 11 heteroatoms. The third kappa shape index (κ3) is 4.52. The molecule has 0 spiro atoms. The van der Waals surface area contributed by atoms with E-state index < -0.39 is 11.9 Å². The van der Waals surface area contributed by atoms with Crippen molar-refractivity contribution in [3.8, 4) is 23.0 Å². The molecule has 2 atom stereocenters. The van der Waals surface area contributed by atoms with E-state index >= 15 is 4.39 Å². The van der Waals surface area contributed by atoms with Gasteiger partial charge in [0.15, 0.2) is 5.82 Å². The highest BCUT2D eigenvalue weighted by Crippen LogP contribution is 2.40. The van der Waals surface area contributed by atoms with Crippen LogP contribution in [0.2, 0.25) is 0 Å². The average Bonchev–Trinajstić information content (AvgIpc) is 3.66. The molecular formula is C31H33FN6O4. The number of benzene rings is 2. The maximum absolute atomic E-state index is 16.5. The number of phenolic OH excluding ortho intramolecular Hbond substituents is 1. The van der Waals surface area contributed by atoms with E-state index in [1.165, 1.54) is 17.2 Å². The van der Waals surface area contributed by atoms with Gasteiger partial charge in [0.05, 0.1) is 10.9 Å². The highest BCUT2D eigenvalue weighted by Gasteiger charge is 2.45. The van der Waals surface area contributed by atoms with E-state index in [-0.39, 0.29) is 47.0 Å². The van der Waals surface area contributed by atoms with E-state index in [1.54, 1.807) is 6.07 Å². The monoisotopic (exact) mass is 572 g/mol. The fourth-order valence-electron chi connectivity index (χ4n) is 7.04. The van der Waals surface area contributed by atoms with Gasteiger partial charge in [-0.1, -0.05) is 31.2 Å². The summed E-state index contributed by atoms with van der Waals surface area (Å²) in [6, 6.07) is 10.4. The summed E-state index contributed by atoms with van der Waals surface area (Å²) in [5, 5.41) is 25.2. The van der Waals surface area contributed by atoms with Gasteiger partial charge in [0.1, 0.15) is 29.4 Å². The highest BCUT2D eigenvalue weighted by molar-refractivity contribution is 5.99. The summed E-state index contributed by atoms with van der Waals surface area (Å²) in [6.07, 6.45) is 4.88. The lowest BCUT2D eigenvalue weighted by atomic mass is 9.95. The average molecular weight is 573 g/mol. The van der Waals surface area contributed by atoms with Crippen LogP contribution in [0.15, 0.2) is 42.6 Å². The molecule has 0 aliphatic carbocycles. The van der Waals surface area contributed by atoms with E-state index in [1.807, 2.05) is 31.2 Å². The van der Waals surface area contributed by atoms with E-state index in [2.05, 4.69) is 25.2 Å². The van der Waals surface area contributed by atoms with Crippen molar-refractivity contribution in [3.63, 3.8) is 0 Å². The number of hydrogen-bond acceptors (Lipinski definition) is 8. The zero-order chi connectivity index (χ0) is 29.0. The van der Waals surface area contributed by atoms with E-state index in [0.717, 1.165) is 49.5 Å². The smallest absolute Gasteiger partial charge is 0.407 e. The largest absolute Gasteiger partial charge is 0.508 e. The number of anilines is 1. The molecule has 1 amide bonds. The molecule has 7 rings (SSSR count). The van der Waals surface area contributed by atoms with Crippen molar-refractivity contribution < 1.29 is 24.1 Å². The number of likely N-dealkylation sites (tertiary alicyclic amines) is 1. The minimum Gasteiger partial charge on any atom is -0.508 e. The van der Waals surface area contributed by atoms with Crippen LogP contribution in [0.4, 0.5) is 15.0 Å². The van der Waals surface area contributed by atoms with Gasteiger partial charge in [-0.2, -0.15) is 9.97 Å². The molecule has 0 bridgehead atoms. The zero-order valence-electron chi connectivity index (χ0n) is 23.4. The topological polar surface area (TPSA) is 124 Å². The molecule has 3 N–H and O–H groups in total. The summed E-state index contributed by atoms with van der Waals surface area (Å²) in [5.74, 6) is -0.276. The summed E-state index contributed by atoms with van der Waals surface area (Å²) >= 11 is 0. The highest BCUT2D eigenvalue weighted by atomic mass is 19.1. The first-order valence-corrected chi connectivity index (χ1v) is 14.5. The Balaban J connectivity index is 1.32. The minimum atomic E-state index is -0.977. The van der Waals surface area contributed by atoms with Gasteiger partial charge < -0.3 is 25.2 Å². The van der Waals surface area contributed by atoms with E-state index in [4.69, 9.17) is 4.74 Å². The molecule has 5 heterocycles. The molecule has 4 aromatic rings. The maximum atomic E-state index is 16.5. The Morgan fingerprint density at radius 1 is 1.14 bits per heavy atom. The predicted octanol–water partition coefficient (Wildman–Crippen LogP) is 5.11. The minimum absolute atomic E-state index is 0.00852. The number of nitrogens with zero attached hydrogens (tertiary/aromatic N) is 5. The molecule has 10 nitrogen and oxygen atoms in total. The molecule has 2 unspecified atom stereocenters. The summed E-state index contributed by atoms with van der Waals surface area (Å²) in [4.78, 5) is 29.2. The number of ether oxygens (including phenoxy) is 1. The Bertz CT molecular complexity index is 1690. The predicted molar refractivity (Wildman–Crippen MR) is 156 cm³/mol. The summed E-state index contributed by atoms with van der Waals surface area (Å²) in [7, 11) is 0. The molecule has 0 saturated carbocycles. The van der Waals surface area contributed by atoms with Crippen molar-refractivity contribution in [2.45, 2.75) is 44.2 Å². The fraction of sp³-hybridized carbons (Fsp3) is 0.419. The van der Waals surface area contributed by atoms with Crippen molar-refractivity contribution in [1.82, 2.24) is 24.8 Å². The van der Waals surface area contributed by atoms with Crippen LogP contribution in [0.3, 0.4) is 0 Å². The Morgan fingerprint density at radius 2 is 1.93 bits per heavy atom. The van der Waals surface area contributed by atoms with Crippen LogP contribution in [-0.2, 0) is 0 Å². The number of halogens is 1. The number of amides is 1. The maximum Gasteiger partial charge on any atom is 0.407 e. The lowest BCUT2D eigenvalue weighted by Gasteiger charge is -2.31. The number of nitrogens with one attached hydrogen (secondary N) is 1. The molecule has 42 heavy (non-hydrogen) atoms. The normalized spacial score (nSPS) is 21.7. The lowest BCUT2D eigenvalue weighted by molar-refractivity contribution is 0.108. The van der Waals surface area contributed by atoms with Crippen molar-refractivity contribution in [2.75, 3.05) is 38.1 Å². The first kappa shape index (κ1) is 26.6. The third-order valence-electron chi connectivity index (χ3n) is 9.25. The number of phenols is 1. The second-order valence-corrected chi connectivity index (χ2v) is 11.9. The molecule has 218 valence electrons. The fourth-order valence-corrected chi connectivity index (χ4v) is 7.04. The molecule has 3 fully saturated rings. The molecule has 3 saturated heterocycles. The molecule has 3 aliphatic rings. The van der Waals surface area contributed by atoms with Gasteiger partial charge in [0.2, 0.25) is 0 Å². The first-order valence-electron chi connectivity index (χ1n) is 14.5. The Labute approximate surface area is 242 Å². The van der Waals surface area contributed by atoms with Crippen LogP contribution in [0, 0.1) is 11.7 Å². The summed E-state index contributed by atoms with van der Waals surface area (Å²) in [5.41, 5.74) is 0.519. The number of aromatic hydroxyl groups is 1. The second-order valence-electron chi connectivity index (χ2n) is 11.9. The Kier molecular flexibility index (Phi) is 6.49. The summed E-state index contributed by atoms with van der Waals surface area (Å²) in [6.45, 7) is 5.16. The van der Waals surface area contributed by atoms with Gasteiger partial charge in [0.25, 0.3) is 0 Å². The van der Waals surface area contributed by atoms with Crippen molar-refractivity contribution >= 4 is 33.6 Å².